The molecule has 0 N–H and O–H groups in total. The molecule has 92 valence electrons. The Bertz CT molecular complexity index is 394. The maximum atomic E-state index is 12.4. The largest absolute Gasteiger partial charge is 0.338 e. The number of fused-ring (bicyclic) bond motifs is 1. The minimum atomic E-state index is 0.284. The molecular formula is C14H19NOS. The zero-order valence-electron chi connectivity index (χ0n) is 10.2. The predicted molar refractivity (Wildman–Crippen MR) is 70.7 cm³/mol. The first-order valence-corrected chi connectivity index (χ1v) is 7.57. The van der Waals surface area contributed by atoms with Crippen LogP contribution in [0.25, 0.3) is 0 Å². The van der Waals surface area contributed by atoms with Crippen LogP contribution >= 0.6 is 11.3 Å². The van der Waals surface area contributed by atoms with Crippen LogP contribution < -0.4 is 0 Å². The molecule has 0 radical (unpaired) electrons. The minimum Gasteiger partial charge on any atom is -0.338 e. The van der Waals surface area contributed by atoms with Gasteiger partial charge in [0.15, 0.2) is 0 Å². The van der Waals surface area contributed by atoms with Crippen molar-refractivity contribution in [3.8, 4) is 0 Å². The number of hydrogen-bond donors (Lipinski definition) is 0. The Morgan fingerprint density at radius 3 is 2.53 bits per heavy atom. The Morgan fingerprint density at radius 1 is 1.06 bits per heavy atom. The third kappa shape index (κ3) is 2.25. The number of nitrogens with zero attached hydrogens (tertiary/aromatic N) is 1. The number of aryl methyl sites for hydroxylation is 2. The summed E-state index contributed by atoms with van der Waals surface area (Å²) in [6, 6.07) is 2.15. The highest BCUT2D eigenvalue weighted by Crippen LogP contribution is 2.31. The van der Waals surface area contributed by atoms with Gasteiger partial charge in [0.25, 0.3) is 5.91 Å². The number of amides is 1. The van der Waals surface area contributed by atoms with Crippen molar-refractivity contribution in [2.45, 2.75) is 44.9 Å². The minimum absolute atomic E-state index is 0.284. The van der Waals surface area contributed by atoms with Gasteiger partial charge < -0.3 is 4.90 Å². The monoisotopic (exact) mass is 249 g/mol. The Morgan fingerprint density at radius 2 is 1.82 bits per heavy atom. The highest BCUT2D eigenvalue weighted by Gasteiger charge is 2.22. The number of thiophene rings is 1. The van der Waals surface area contributed by atoms with E-state index in [4.69, 9.17) is 0 Å². The molecule has 1 fully saturated rings. The SMILES string of the molecule is O=C(c1cc2c(s1)CCC2)N1CCCCCC1. The lowest BCUT2D eigenvalue weighted by Crippen LogP contribution is -2.31. The van der Waals surface area contributed by atoms with E-state index in [1.165, 1.54) is 55.4 Å². The second-order valence-electron chi connectivity index (χ2n) is 5.12. The average molecular weight is 249 g/mol. The summed E-state index contributed by atoms with van der Waals surface area (Å²) in [5.74, 6) is 0.284. The lowest BCUT2D eigenvalue weighted by atomic mass is 10.2. The summed E-state index contributed by atoms with van der Waals surface area (Å²) < 4.78 is 0. The summed E-state index contributed by atoms with van der Waals surface area (Å²) >= 11 is 1.74. The van der Waals surface area contributed by atoms with Gasteiger partial charge in [0, 0.05) is 18.0 Å². The van der Waals surface area contributed by atoms with E-state index >= 15 is 0 Å². The predicted octanol–water partition coefficient (Wildman–Crippen LogP) is 3.25. The second-order valence-corrected chi connectivity index (χ2v) is 6.26. The lowest BCUT2D eigenvalue weighted by molar-refractivity contribution is 0.0766. The molecule has 0 unspecified atom stereocenters. The third-order valence-electron chi connectivity index (χ3n) is 3.85. The van der Waals surface area contributed by atoms with Crippen LogP contribution in [0.4, 0.5) is 0 Å². The van der Waals surface area contributed by atoms with Crippen LogP contribution in [0, 0.1) is 0 Å². The van der Waals surface area contributed by atoms with Gasteiger partial charge in [0.1, 0.15) is 0 Å². The zero-order chi connectivity index (χ0) is 11.7. The number of hydrogen-bond acceptors (Lipinski definition) is 2. The van der Waals surface area contributed by atoms with E-state index in [1.54, 1.807) is 11.3 Å². The van der Waals surface area contributed by atoms with Gasteiger partial charge in [-0.1, -0.05) is 12.8 Å². The molecule has 17 heavy (non-hydrogen) atoms. The smallest absolute Gasteiger partial charge is 0.263 e. The molecule has 1 aliphatic carbocycles. The van der Waals surface area contributed by atoms with Crippen LogP contribution in [0.2, 0.25) is 0 Å². The van der Waals surface area contributed by atoms with Crippen molar-refractivity contribution < 1.29 is 4.79 Å². The molecule has 3 rings (SSSR count). The number of carbonyl (C=O) groups is 1. The summed E-state index contributed by atoms with van der Waals surface area (Å²) in [5, 5.41) is 0. The van der Waals surface area contributed by atoms with Crippen molar-refractivity contribution in [2.75, 3.05) is 13.1 Å². The first-order chi connectivity index (χ1) is 8.34. The second kappa shape index (κ2) is 4.81. The van der Waals surface area contributed by atoms with Gasteiger partial charge in [-0.05, 0) is 43.7 Å². The quantitative estimate of drug-likeness (QED) is 0.748. The van der Waals surface area contributed by atoms with E-state index in [0.717, 1.165) is 18.0 Å². The zero-order valence-corrected chi connectivity index (χ0v) is 11.0. The molecule has 0 spiro atoms. The van der Waals surface area contributed by atoms with Crippen molar-refractivity contribution in [3.05, 3.63) is 21.4 Å². The third-order valence-corrected chi connectivity index (χ3v) is 5.08. The molecule has 0 atom stereocenters. The summed E-state index contributed by atoms with van der Waals surface area (Å²) in [6.45, 7) is 1.92. The van der Waals surface area contributed by atoms with Crippen molar-refractivity contribution >= 4 is 17.2 Å². The fourth-order valence-electron chi connectivity index (χ4n) is 2.86. The Hall–Kier alpha value is -0.830. The molecule has 0 bridgehead atoms. The van der Waals surface area contributed by atoms with Crippen LogP contribution in [0.5, 0.6) is 0 Å². The van der Waals surface area contributed by atoms with Crippen LogP contribution in [0.15, 0.2) is 6.07 Å². The number of likely N-dealkylation sites (tertiary alicyclic amines) is 1. The van der Waals surface area contributed by atoms with Gasteiger partial charge in [0.2, 0.25) is 0 Å². The van der Waals surface area contributed by atoms with E-state index in [-0.39, 0.29) is 5.91 Å². The highest BCUT2D eigenvalue weighted by molar-refractivity contribution is 7.14. The molecule has 2 aliphatic rings. The van der Waals surface area contributed by atoms with Crippen molar-refractivity contribution in [2.24, 2.45) is 0 Å². The molecule has 2 nitrogen and oxygen atoms in total. The number of rotatable bonds is 1. The van der Waals surface area contributed by atoms with Crippen LogP contribution in [0.3, 0.4) is 0 Å². The van der Waals surface area contributed by atoms with Gasteiger partial charge in [0.05, 0.1) is 4.88 Å². The molecule has 1 aliphatic heterocycles. The summed E-state index contributed by atoms with van der Waals surface area (Å²) in [6.07, 6.45) is 8.56. The average Bonchev–Trinajstić information content (AvgIpc) is 2.80. The van der Waals surface area contributed by atoms with Gasteiger partial charge in [-0.15, -0.1) is 11.3 Å². The summed E-state index contributed by atoms with van der Waals surface area (Å²) in [7, 11) is 0. The maximum absolute atomic E-state index is 12.4. The molecule has 1 saturated heterocycles. The van der Waals surface area contributed by atoms with Gasteiger partial charge >= 0.3 is 0 Å². The van der Waals surface area contributed by atoms with Crippen LogP contribution in [-0.4, -0.2) is 23.9 Å². The Labute approximate surface area is 107 Å². The molecular weight excluding hydrogens is 230 g/mol. The first kappa shape index (κ1) is 11.3. The molecule has 0 saturated carbocycles. The standard InChI is InChI=1S/C14H19NOS/c16-14(15-8-3-1-2-4-9-15)13-10-11-6-5-7-12(11)17-13/h10H,1-9H2. The van der Waals surface area contributed by atoms with Gasteiger partial charge in [-0.2, -0.15) is 0 Å². The molecule has 0 aromatic carbocycles. The first-order valence-electron chi connectivity index (χ1n) is 6.75. The van der Waals surface area contributed by atoms with E-state index in [9.17, 15) is 4.79 Å². The van der Waals surface area contributed by atoms with Crippen LogP contribution in [-0.2, 0) is 12.8 Å². The molecule has 3 heteroatoms. The van der Waals surface area contributed by atoms with Crippen molar-refractivity contribution in [3.63, 3.8) is 0 Å². The van der Waals surface area contributed by atoms with Crippen molar-refractivity contribution in [1.29, 1.82) is 0 Å². The van der Waals surface area contributed by atoms with Crippen molar-refractivity contribution in [1.82, 2.24) is 4.90 Å². The van der Waals surface area contributed by atoms with E-state index in [0.29, 0.717) is 0 Å². The lowest BCUT2D eigenvalue weighted by Gasteiger charge is -2.19. The van der Waals surface area contributed by atoms with Crippen LogP contribution in [0.1, 0.15) is 52.2 Å². The summed E-state index contributed by atoms with van der Waals surface area (Å²) in [5.41, 5.74) is 1.44. The number of carbonyl (C=O) groups excluding carboxylic acids is 1. The summed E-state index contributed by atoms with van der Waals surface area (Å²) in [4.78, 5) is 16.9. The highest BCUT2D eigenvalue weighted by atomic mass is 32.1. The van der Waals surface area contributed by atoms with E-state index in [1.807, 2.05) is 0 Å². The van der Waals surface area contributed by atoms with E-state index < -0.39 is 0 Å². The fraction of sp³-hybridized carbons (Fsp3) is 0.643. The molecule has 1 aromatic heterocycles. The maximum Gasteiger partial charge on any atom is 0.263 e. The Balaban J connectivity index is 1.75. The van der Waals surface area contributed by atoms with Gasteiger partial charge in [-0.3, -0.25) is 4.79 Å². The van der Waals surface area contributed by atoms with E-state index in [2.05, 4.69) is 11.0 Å². The fourth-order valence-corrected chi connectivity index (χ4v) is 4.09. The molecule has 1 amide bonds. The van der Waals surface area contributed by atoms with Gasteiger partial charge in [-0.25, -0.2) is 0 Å². The normalized spacial score (nSPS) is 20.1. The molecule has 2 heterocycles. The Kier molecular flexibility index (Phi) is 3.19. The molecule has 1 aromatic rings. The topological polar surface area (TPSA) is 20.3 Å².